The van der Waals surface area contributed by atoms with Crippen molar-refractivity contribution in [2.24, 2.45) is 23.7 Å². The molecule has 0 aliphatic carbocycles. The molecule has 3 aromatic carbocycles. The van der Waals surface area contributed by atoms with Gasteiger partial charge in [0.15, 0.2) is 28.2 Å². The van der Waals surface area contributed by atoms with Crippen molar-refractivity contribution in [3.8, 4) is 5.75 Å². The number of aromatic amines is 1. The Morgan fingerprint density at radius 1 is 0.738 bits per heavy atom. The number of aliphatic hydroxyl groups excluding tert-OH is 1. The third kappa shape index (κ3) is 26.4. The van der Waals surface area contributed by atoms with Crippen LogP contribution in [0.5, 0.6) is 5.75 Å². The van der Waals surface area contributed by atoms with Gasteiger partial charge in [-0.3, -0.25) is 72.2 Å². The van der Waals surface area contributed by atoms with Crippen LogP contribution >= 0.6 is 45.4 Å². The Kier molecular flexibility index (Phi) is 31.9. The zero-order valence-corrected chi connectivity index (χ0v) is 60.6. The number of imidazole rings is 1. The first kappa shape index (κ1) is 81.9. The summed E-state index contributed by atoms with van der Waals surface area (Å²) in [5.74, 6) is -14.9. The van der Waals surface area contributed by atoms with E-state index >= 15 is 14.4 Å². The van der Waals surface area contributed by atoms with Crippen LogP contribution in [0.3, 0.4) is 0 Å². The van der Waals surface area contributed by atoms with Crippen molar-refractivity contribution in [1.82, 2.24) is 50.8 Å². The van der Waals surface area contributed by atoms with Crippen molar-refractivity contribution in [3.63, 3.8) is 0 Å². The van der Waals surface area contributed by atoms with Crippen LogP contribution in [-0.2, 0) is 83.2 Å². The average Bonchev–Trinajstić information content (AvgIpc) is 1.72. The highest BCUT2D eigenvalue weighted by molar-refractivity contribution is 8.76. The summed E-state index contributed by atoms with van der Waals surface area (Å²) in [6, 6.07) is 12.7. The van der Waals surface area contributed by atoms with Crippen molar-refractivity contribution in [3.05, 3.63) is 113 Å². The zero-order chi connectivity index (χ0) is 75.0. The molecule has 103 heavy (non-hydrogen) atoms. The Hall–Kier alpha value is -8.37. The number of H-pyrrole nitrogens is 1. The molecule has 29 nitrogen and oxygen atoms in total. The predicted octanol–water partition coefficient (Wildman–Crippen LogP) is 3.27. The number of aromatic nitrogens is 2. The third-order valence-electron chi connectivity index (χ3n) is 18.1. The minimum Gasteiger partial charge on any atom is -0.506 e. The molecule has 12 N–H and O–H groups in total. The number of phenols is 1. The molecule has 0 spiro atoms. The molecule has 1 unspecified atom stereocenters. The largest absolute Gasteiger partial charge is 0.506 e. The molecular formula is C70H90ClN11O18S3. The number of hydrogen-bond acceptors (Lipinski definition) is 21. The molecule has 4 heterocycles. The maximum atomic E-state index is 15.4. The molecule has 10 atom stereocenters. The molecule has 0 saturated carbocycles. The van der Waals surface area contributed by atoms with E-state index in [1.54, 1.807) is 77.9 Å². The van der Waals surface area contributed by atoms with Gasteiger partial charge in [-0.2, -0.15) is 0 Å². The number of carboxylic acid groups (broad SMARTS) is 4. The SMILES string of the molecule is CCC(=O)[C@@H]1CSSC[C@H](NC(=O)[C@@H](CC(=O)[C@H](Cc2ccccc2)NC(=S)Nc2ccc(CC3CN(CC(=O)O)CCN(CC(=O)O)CCN3CC(=O)O)cc2)Cc2c[nH]cn2)C(=O)N2C[C@H](O)C[C@H]2C(=O)C[C@@H](Cc2ccc(O)c(Cl)c2)C(=O)N[C@@H](CC(=O)O)C(=O)C[C@@H](CC(C)C)C(=O)N1. The summed E-state index contributed by atoms with van der Waals surface area (Å²) < 4.78 is 0. The number of rotatable bonds is 27. The molecule has 0 bridgehead atoms. The molecule has 3 fully saturated rings. The monoisotopic (exact) mass is 1500 g/mol. The summed E-state index contributed by atoms with van der Waals surface area (Å²) >= 11 is 12.1. The molecule has 33 heteroatoms. The number of thiocarbonyl (C=S) groups is 1. The van der Waals surface area contributed by atoms with E-state index in [0.717, 1.165) is 37.6 Å². The van der Waals surface area contributed by atoms with Crippen molar-refractivity contribution in [2.45, 2.75) is 134 Å². The van der Waals surface area contributed by atoms with E-state index < -0.39 is 157 Å². The quantitative estimate of drug-likeness (QED) is 0.0301. The van der Waals surface area contributed by atoms with Gasteiger partial charge in [0, 0.05) is 119 Å². The highest BCUT2D eigenvalue weighted by atomic mass is 35.5. The van der Waals surface area contributed by atoms with Gasteiger partial charge in [-0.05, 0) is 84.8 Å². The van der Waals surface area contributed by atoms with Gasteiger partial charge in [-0.1, -0.05) is 102 Å². The summed E-state index contributed by atoms with van der Waals surface area (Å²) in [5.41, 5.74) is 2.68. The number of ketones is 4. The average molecular weight is 1510 g/mol. The fourth-order valence-corrected chi connectivity index (χ4v) is 15.7. The Labute approximate surface area is 614 Å². The number of benzene rings is 3. The fourth-order valence-electron chi connectivity index (χ4n) is 12.9. The first-order valence-corrected chi connectivity index (χ1v) is 37.2. The number of carbonyl (C=O) groups excluding carboxylic acids is 8. The lowest BCUT2D eigenvalue weighted by molar-refractivity contribution is -0.142. The van der Waals surface area contributed by atoms with E-state index in [2.05, 4.69) is 36.6 Å². The molecule has 3 saturated heterocycles. The summed E-state index contributed by atoms with van der Waals surface area (Å²) in [4.78, 5) is 179. The van der Waals surface area contributed by atoms with E-state index in [1.165, 1.54) is 30.7 Å². The van der Waals surface area contributed by atoms with Crippen molar-refractivity contribution in [1.29, 1.82) is 0 Å². The van der Waals surface area contributed by atoms with Crippen molar-refractivity contribution < 1.29 is 88.2 Å². The molecule has 4 amide bonds. The van der Waals surface area contributed by atoms with Crippen molar-refractivity contribution >= 4 is 127 Å². The number of carboxylic acids is 4. The number of aliphatic hydroxyl groups is 1. The van der Waals surface area contributed by atoms with E-state index in [0.29, 0.717) is 16.9 Å². The lowest BCUT2D eigenvalue weighted by atomic mass is 9.87. The Balaban J connectivity index is 1.16. The van der Waals surface area contributed by atoms with E-state index in [4.69, 9.17) is 23.8 Å². The van der Waals surface area contributed by atoms with Gasteiger partial charge in [-0.15, -0.1) is 0 Å². The Morgan fingerprint density at radius 2 is 1.39 bits per heavy atom. The summed E-state index contributed by atoms with van der Waals surface area (Å²) in [6.45, 7) is 4.84. The van der Waals surface area contributed by atoms with Crippen molar-refractivity contribution in [2.75, 3.05) is 75.7 Å². The number of amides is 4. The number of phenolic OH excluding ortho intramolecular Hbond substituents is 1. The van der Waals surface area contributed by atoms with Crippen LogP contribution in [0.4, 0.5) is 5.69 Å². The third-order valence-corrected chi connectivity index (χ3v) is 21.0. The number of fused-ring (bicyclic) bond motifs is 1. The molecule has 4 aromatic rings. The number of hydrogen-bond donors (Lipinski definition) is 12. The second-order valence-corrected chi connectivity index (χ2v) is 30.0. The normalized spacial score (nSPS) is 22.6. The van der Waals surface area contributed by atoms with Gasteiger partial charge in [0.25, 0.3) is 0 Å². The molecular weight excluding hydrogens is 1410 g/mol. The minimum atomic E-state index is -1.70. The second kappa shape index (κ2) is 40.1. The van der Waals surface area contributed by atoms with Crippen LogP contribution < -0.4 is 26.6 Å². The Bertz CT molecular complexity index is 3650. The van der Waals surface area contributed by atoms with E-state index in [-0.39, 0.29) is 136 Å². The number of aliphatic carboxylic acids is 4. The summed E-state index contributed by atoms with van der Waals surface area (Å²) in [6.07, 6.45) is -1.13. The molecule has 0 radical (unpaired) electrons. The lowest BCUT2D eigenvalue weighted by Crippen LogP contribution is -2.54. The standard InChI is InChI=1S/C70H90ClN11O18S3/c1-4-57(84)54-37-102-103-38-55(69(100)82-33-50(83)29-56(82)61(88)28-45(21-43-12-15-58(85)51(71)23-43)67(98)75-53(30-62(89)90)60(87)26-44(20-40(2)3)66(97)76-54)77-68(99)46(25-48-31-72-39-73-48)27-59(86)52(24-41-8-6-5-7-9-41)78-70(101)74-47-13-10-42(11-14-47)22-49-32-80(35-64(93)94)17-16-79(34-63(91)92)18-19-81(49)36-65(95)96/h5-15,23,31,39-40,44-46,49-50,52-56,83,85H,4,16-22,24-30,32-38H2,1-3H3,(H,72,73)(H,75,98)(H,76,97)(H,77,99)(H,89,90)(H,91,92)(H,93,94)(H,95,96)(H2,74,78,101)/t44-,45-,46-,49?,50-,52+,53+,54+,55+,56+/m1/s1. The van der Waals surface area contributed by atoms with Gasteiger partial charge in [0.1, 0.15) is 11.8 Å². The van der Waals surface area contributed by atoms with Crippen LogP contribution in [0.2, 0.25) is 5.02 Å². The van der Waals surface area contributed by atoms with Crippen LogP contribution in [0.25, 0.3) is 0 Å². The zero-order valence-electron chi connectivity index (χ0n) is 57.4. The first-order chi connectivity index (χ1) is 49.0. The second-order valence-electron chi connectivity index (χ2n) is 26.6. The number of halogens is 1. The highest BCUT2D eigenvalue weighted by Gasteiger charge is 2.44. The van der Waals surface area contributed by atoms with Gasteiger partial charge in [-0.25, -0.2) is 4.98 Å². The Morgan fingerprint density at radius 3 is 2.04 bits per heavy atom. The smallest absolute Gasteiger partial charge is 0.317 e. The molecule has 3 aliphatic heterocycles. The fraction of sp³-hybridized carbons (Fsp3) is 0.514. The van der Waals surface area contributed by atoms with Gasteiger partial charge in [0.05, 0.1) is 79.3 Å². The van der Waals surface area contributed by atoms with E-state index in [1.807, 2.05) is 12.1 Å². The molecule has 1 aromatic heterocycles. The maximum Gasteiger partial charge on any atom is 0.317 e. The van der Waals surface area contributed by atoms with Crippen LogP contribution in [0, 0.1) is 23.7 Å². The number of carbonyl (C=O) groups is 12. The first-order valence-electron chi connectivity index (χ1n) is 34.0. The number of anilines is 1. The van der Waals surface area contributed by atoms with Gasteiger partial charge >= 0.3 is 23.9 Å². The van der Waals surface area contributed by atoms with Gasteiger partial charge in [0.2, 0.25) is 23.6 Å². The van der Waals surface area contributed by atoms with Crippen LogP contribution in [-0.4, -0.2) is 249 Å². The topological polar surface area (TPSA) is 428 Å². The summed E-state index contributed by atoms with van der Waals surface area (Å²) in [7, 11) is 2.13. The van der Waals surface area contributed by atoms with Crippen LogP contribution in [0.1, 0.15) is 88.1 Å². The highest BCUT2D eigenvalue weighted by Crippen LogP contribution is 2.31. The van der Waals surface area contributed by atoms with Crippen LogP contribution in [0.15, 0.2) is 85.3 Å². The summed E-state index contributed by atoms with van der Waals surface area (Å²) in [5, 5.41) is 75.2. The van der Waals surface area contributed by atoms with E-state index in [9.17, 15) is 73.8 Å². The lowest BCUT2D eigenvalue weighted by Gasteiger charge is -2.33. The number of nitrogens with zero attached hydrogens (tertiary/aromatic N) is 5. The number of aromatic hydroxyl groups is 1. The predicted molar refractivity (Wildman–Crippen MR) is 387 cm³/mol. The number of nitrogens with one attached hydrogen (secondary N) is 6. The molecule has 558 valence electrons. The minimum absolute atomic E-state index is 0.0155. The molecule has 3 aliphatic rings. The maximum absolute atomic E-state index is 15.4. The van der Waals surface area contributed by atoms with Gasteiger partial charge < -0.3 is 67.1 Å². The number of Topliss-reactive ketones (excluding diaryl/α,β-unsaturated/α-hetero) is 4. The molecule has 7 rings (SSSR count).